The Morgan fingerprint density at radius 1 is 0.938 bits per heavy atom. The Hall–Kier alpha value is -3.03. The largest absolute Gasteiger partial charge is 0.492 e. The van der Waals surface area contributed by atoms with Crippen molar-refractivity contribution in [3.8, 4) is 5.75 Å². The van der Waals surface area contributed by atoms with Crippen molar-refractivity contribution in [3.63, 3.8) is 0 Å². The van der Waals surface area contributed by atoms with Crippen molar-refractivity contribution >= 4 is 33.2 Å². The Balaban J connectivity index is 1.65. The molecule has 3 aromatic rings. The predicted molar refractivity (Wildman–Crippen MR) is 127 cm³/mol. The first-order chi connectivity index (χ1) is 15.2. The van der Waals surface area contributed by atoms with E-state index in [0.717, 1.165) is 16.9 Å². The number of halogens is 1. The highest BCUT2D eigenvalue weighted by Gasteiger charge is 2.21. The Morgan fingerprint density at radius 2 is 1.69 bits per heavy atom. The van der Waals surface area contributed by atoms with Gasteiger partial charge in [0, 0.05) is 5.56 Å². The lowest BCUT2D eigenvalue weighted by atomic mass is 10.1. The van der Waals surface area contributed by atoms with E-state index in [9.17, 15) is 13.2 Å². The zero-order chi connectivity index (χ0) is 23.3. The minimum atomic E-state index is -3.98. The monoisotopic (exact) mass is 472 g/mol. The Bertz CT molecular complexity index is 1240. The van der Waals surface area contributed by atoms with E-state index in [-0.39, 0.29) is 28.6 Å². The molecule has 8 heteroatoms. The maximum absolute atomic E-state index is 12.9. The summed E-state index contributed by atoms with van der Waals surface area (Å²) in [6.45, 7) is 6.36. The molecule has 0 spiro atoms. The minimum absolute atomic E-state index is 0.0284. The Morgan fingerprint density at radius 3 is 2.41 bits per heavy atom. The van der Waals surface area contributed by atoms with E-state index >= 15 is 0 Å². The van der Waals surface area contributed by atoms with Gasteiger partial charge in [-0.1, -0.05) is 35.9 Å². The molecule has 0 aliphatic heterocycles. The average molecular weight is 473 g/mol. The summed E-state index contributed by atoms with van der Waals surface area (Å²) in [5.74, 6) is 0.308. The van der Waals surface area contributed by atoms with Gasteiger partial charge in [0.2, 0.25) is 0 Å². The van der Waals surface area contributed by atoms with Gasteiger partial charge in [-0.15, -0.1) is 0 Å². The summed E-state index contributed by atoms with van der Waals surface area (Å²) in [5.41, 5.74) is 3.70. The molecule has 0 fully saturated rings. The van der Waals surface area contributed by atoms with Gasteiger partial charge in [0.15, 0.2) is 0 Å². The highest BCUT2D eigenvalue weighted by atomic mass is 35.5. The number of sulfonamides is 1. The van der Waals surface area contributed by atoms with E-state index in [1.54, 1.807) is 25.1 Å². The highest BCUT2D eigenvalue weighted by molar-refractivity contribution is 7.92. The zero-order valence-corrected chi connectivity index (χ0v) is 19.7. The quantitative estimate of drug-likeness (QED) is 0.458. The molecule has 6 nitrogen and oxygen atoms in total. The summed E-state index contributed by atoms with van der Waals surface area (Å²) in [5, 5.41) is 2.76. The molecule has 0 aromatic heterocycles. The first-order valence-corrected chi connectivity index (χ1v) is 11.9. The second-order valence-corrected chi connectivity index (χ2v) is 9.47. The minimum Gasteiger partial charge on any atom is -0.492 e. The van der Waals surface area contributed by atoms with Crippen LogP contribution in [0, 0.1) is 20.8 Å². The summed E-state index contributed by atoms with van der Waals surface area (Å²) in [7, 11) is -3.98. The summed E-state index contributed by atoms with van der Waals surface area (Å²) in [4.78, 5) is 12.4. The molecule has 0 aliphatic rings. The lowest BCUT2D eigenvalue weighted by Gasteiger charge is -2.13. The van der Waals surface area contributed by atoms with Crippen LogP contribution < -0.4 is 14.8 Å². The molecule has 0 heterocycles. The van der Waals surface area contributed by atoms with Crippen LogP contribution in [0.15, 0.2) is 65.6 Å². The third kappa shape index (κ3) is 5.81. The highest BCUT2D eigenvalue weighted by Crippen LogP contribution is 2.26. The van der Waals surface area contributed by atoms with Gasteiger partial charge in [0.25, 0.3) is 15.9 Å². The normalized spacial score (nSPS) is 11.1. The lowest BCUT2D eigenvalue weighted by molar-refractivity contribution is 0.0947. The molecule has 3 rings (SSSR count). The van der Waals surface area contributed by atoms with Crippen molar-refractivity contribution in [3.05, 3.63) is 87.9 Å². The van der Waals surface area contributed by atoms with Crippen LogP contribution in [-0.2, 0) is 10.0 Å². The molecule has 32 heavy (non-hydrogen) atoms. The number of carbonyl (C=O) groups excluding carboxylic acids is 1. The molecule has 3 aromatic carbocycles. The molecule has 2 N–H and O–H groups in total. The molecule has 0 bridgehead atoms. The number of nitrogens with one attached hydrogen (secondary N) is 2. The standard InChI is InChI=1S/C24H25ClN2O4S/c1-16-8-10-20(14-18(16)3)31-13-12-26-24(28)19-9-11-21(25)23(15-19)32(29,30)27-22-7-5-4-6-17(22)2/h4-11,14-15,27H,12-13H2,1-3H3,(H,26,28). The zero-order valence-electron chi connectivity index (χ0n) is 18.1. The number of ether oxygens (including phenoxy) is 1. The van der Waals surface area contributed by atoms with Gasteiger partial charge in [0.1, 0.15) is 17.3 Å². The van der Waals surface area contributed by atoms with Crippen LogP contribution in [0.1, 0.15) is 27.0 Å². The van der Waals surface area contributed by atoms with Crippen LogP contribution in [0.25, 0.3) is 0 Å². The van der Waals surface area contributed by atoms with Crippen LogP contribution in [0.3, 0.4) is 0 Å². The van der Waals surface area contributed by atoms with Crippen LogP contribution in [0.5, 0.6) is 5.75 Å². The van der Waals surface area contributed by atoms with Crippen LogP contribution in [0.2, 0.25) is 5.02 Å². The summed E-state index contributed by atoms with van der Waals surface area (Å²) in [6.07, 6.45) is 0. The molecule has 0 saturated heterocycles. The van der Waals surface area contributed by atoms with Gasteiger partial charge in [0.05, 0.1) is 17.3 Å². The first-order valence-electron chi connectivity index (χ1n) is 10.0. The van der Waals surface area contributed by atoms with Crippen molar-refractivity contribution < 1.29 is 17.9 Å². The van der Waals surface area contributed by atoms with Crippen LogP contribution in [-0.4, -0.2) is 27.5 Å². The third-order valence-corrected chi connectivity index (χ3v) is 6.85. The number of carbonyl (C=O) groups is 1. The fourth-order valence-corrected chi connectivity index (χ4v) is 4.63. The van der Waals surface area contributed by atoms with Gasteiger partial charge in [-0.3, -0.25) is 9.52 Å². The van der Waals surface area contributed by atoms with E-state index < -0.39 is 15.9 Å². The predicted octanol–water partition coefficient (Wildman–Crippen LogP) is 4.87. The summed E-state index contributed by atoms with van der Waals surface area (Å²) >= 11 is 6.14. The number of anilines is 1. The van der Waals surface area contributed by atoms with Crippen LogP contribution in [0.4, 0.5) is 5.69 Å². The lowest BCUT2D eigenvalue weighted by Crippen LogP contribution is -2.28. The number of rotatable bonds is 8. The number of aryl methyl sites for hydroxylation is 3. The van der Waals surface area contributed by atoms with E-state index in [2.05, 4.69) is 10.0 Å². The number of hydrogen-bond donors (Lipinski definition) is 2. The Kier molecular flexibility index (Phi) is 7.43. The van der Waals surface area contributed by atoms with Crippen molar-refractivity contribution in [2.45, 2.75) is 25.7 Å². The van der Waals surface area contributed by atoms with Crippen molar-refractivity contribution in [1.29, 1.82) is 0 Å². The van der Waals surface area contributed by atoms with Gasteiger partial charge < -0.3 is 10.1 Å². The molecule has 0 saturated carbocycles. The van der Waals surface area contributed by atoms with Crippen LogP contribution >= 0.6 is 11.6 Å². The van der Waals surface area contributed by atoms with Gasteiger partial charge >= 0.3 is 0 Å². The van der Waals surface area contributed by atoms with E-state index in [1.807, 2.05) is 38.1 Å². The Labute approximate surface area is 193 Å². The molecular formula is C24H25ClN2O4S. The number of benzene rings is 3. The number of amides is 1. The molecule has 0 atom stereocenters. The maximum Gasteiger partial charge on any atom is 0.263 e. The van der Waals surface area contributed by atoms with E-state index in [1.165, 1.54) is 23.8 Å². The van der Waals surface area contributed by atoms with Crippen molar-refractivity contribution in [2.24, 2.45) is 0 Å². The molecule has 0 radical (unpaired) electrons. The second-order valence-electron chi connectivity index (χ2n) is 7.42. The van der Waals surface area contributed by atoms with E-state index in [0.29, 0.717) is 5.69 Å². The third-order valence-electron chi connectivity index (χ3n) is 5.01. The smallest absolute Gasteiger partial charge is 0.263 e. The molecular weight excluding hydrogens is 448 g/mol. The fourth-order valence-electron chi connectivity index (χ4n) is 2.98. The first kappa shape index (κ1) is 23.6. The molecule has 1 amide bonds. The van der Waals surface area contributed by atoms with Crippen molar-refractivity contribution in [2.75, 3.05) is 17.9 Å². The average Bonchev–Trinajstić information content (AvgIpc) is 2.75. The maximum atomic E-state index is 12.9. The number of hydrogen-bond acceptors (Lipinski definition) is 4. The number of para-hydroxylation sites is 1. The van der Waals surface area contributed by atoms with Gasteiger partial charge in [-0.2, -0.15) is 0 Å². The topological polar surface area (TPSA) is 84.5 Å². The molecule has 0 unspecified atom stereocenters. The second kappa shape index (κ2) is 10.1. The van der Waals surface area contributed by atoms with Gasteiger partial charge in [-0.05, 0) is 73.9 Å². The molecule has 0 aliphatic carbocycles. The fraction of sp³-hybridized carbons (Fsp3) is 0.208. The van der Waals surface area contributed by atoms with Crippen molar-refractivity contribution in [1.82, 2.24) is 5.32 Å². The molecule has 168 valence electrons. The van der Waals surface area contributed by atoms with Gasteiger partial charge in [-0.25, -0.2) is 8.42 Å². The summed E-state index contributed by atoms with van der Waals surface area (Å²) in [6, 6.07) is 16.9. The summed E-state index contributed by atoms with van der Waals surface area (Å²) < 4.78 is 33.9. The van der Waals surface area contributed by atoms with E-state index in [4.69, 9.17) is 16.3 Å². The SMILES string of the molecule is Cc1ccc(OCCNC(=O)c2ccc(Cl)c(S(=O)(=O)Nc3ccccc3C)c2)cc1C.